The molecule has 140 valence electrons. The van der Waals surface area contributed by atoms with Gasteiger partial charge in [-0.15, -0.1) is 0 Å². The van der Waals surface area contributed by atoms with Gasteiger partial charge in [-0.25, -0.2) is 0 Å². The largest absolute Gasteiger partial charge is 0.481 e. The van der Waals surface area contributed by atoms with E-state index in [-0.39, 0.29) is 47.6 Å². The van der Waals surface area contributed by atoms with Gasteiger partial charge >= 0.3 is 11.9 Å². The van der Waals surface area contributed by atoms with Gasteiger partial charge in [-0.1, -0.05) is 20.3 Å². The summed E-state index contributed by atoms with van der Waals surface area (Å²) in [7, 11) is 0. The summed E-state index contributed by atoms with van der Waals surface area (Å²) >= 11 is 0. The van der Waals surface area contributed by atoms with Crippen LogP contribution in [0.15, 0.2) is 0 Å². The summed E-state index contributed by atoms with van der Waals surface area (Å²) in [5.74, 6) is -1.77. The molecule has 3 fully saturated rings. The molecule has 0 radical (unpaired) electrons. The standard InChI is InChI=1S/C19H29NO5/c1-19(2)9-15-14(16(21)10-19)7-13(8-17(22)23)20(15)12-5-3-4-11(6-12)18(24)25/h11-15H,3-10H2,1-2H3,(H,22,23)(H,24,25). The van der Waals surface area contributed by atoms with Gasteiger partial charge in [-0.2, -0.15) is 0 Å². The fourth-order valence-corrected chi connectivity index (χ4v) is 5.50. The lowest BCUT2D eigenvalue weighted by molar-refractivity contribution is -0.145. The van der Waals surface area contributed by atoms with Crippen LogP contribution in [0, 0.1) is 17.3 Å². The van der Waals surface area contributed by atoms with Crippen molar-refractivity contribution in [2.24, 2.45) is 17.3 Å². The molecule has 6 heteroatoms. The van der Waals surface area contributed by atoms with Crippen LogP contribution in [0.25, 0.3) is 0 Å². The molecule has 0 amide bonds. The Morgan fingerprint density at radius 2 is 1.92 bits per heavy atom. The van der Waals surface area contributed by atoms with Gasteiger partial charge in [0.1, 0.15) is 5.78 Å². The van der Waals surface area contributed by atoms with Crippen LogP contribution >= 0.6 is 0 Å². The van der Waals surface area contributed by atoms with Crippen molar-refractivity contribution in [1.29, 1.82) is 0 Å². The highest BCUT2D eigenvalue weighted by Crippen LogP contribution is 2.48. The van der Waals surface area contributed by atoms with Gasteiger partial charge < -0.3 is 10.2 Å². The minimum Gasteiger partial charge on any atom is -0.481 e. The highest BCUT2D eigenvalue weighted by atomic mass is 16.4. The number of carbonyl (C=O) groups excluding carboxylic acids is 1. The maximum atomic E-state index is 12.7. The minimum atomic E-state index is -0.842. The van der Waals surface area contributed by atoms with Crippen LogP contribution in [-0.2, 0) is 14.4 Å². The molecular formula is C19H29NO5. The van der Waals surface area contributed by atoms with Crippen LogP contribution in [-0.4, -0.2) is 51.0 Å². The molecule has 2 N–H and O–H groups in total. The van der Waals surface area contributed by atoms with Gasteiger partial charge in [-0.3, -0.25) is 19.3 Å². The first kappa shape index (κ1) is 18.4. The molecule has 0 bridgehead atoms. The number of fused-ring (bicyclic) bond motifs is 1. The van der Waals surface area contributed by atoms with Crippen molar-refractivity contribution in [2.75, 3.05) is 0 Å². The normalized spacial score (nSPS) is 38.3. The monoisotopic (exact) mass is 351 g/mol. The number of likely N-dealkylation sites (tertiary alicyclic amines) is 1. The van der Waals surface area contributed by atoms with Gasteiger partial charge in [0.2, 0.25) is 0 Å². The molecule has 5 atom stereocenters. The van der Waals surface area contributed by atoms with E-state index in [4.69, 9.17) is 0 Å². The van der Waals surface area contributed by atoms with E-state index >= 15 is 0 Å². The number of carboxylic acids is 2. The van der Waals surface area contributed by atoms with Crippen LogP contribution < -0.4 is 0 Å². The third-order valence-corrected chi connectivity index (χ3v) is 6.45. The van der Waals surface area contributed by atoms with Crippen LogP contribution in [0.1, 0.15) is 65.2 Å². The molecule has 2 aliphatic carbocycles. The highest BCUT2D eigenvalue weighted by molar-refractivity contribution is 5.84. The molecule has 3 rings (SSSR count). The summed E-state index contributed by atoms with van der Waals surface area (Å²) in [6.07, 6.45) is 5.11. The van der Waals surface area contributed by atoms with E-state index < -0.39 is 11.9 Å². The summed E-state index contributed by atoms with van der Waals surface area (Å²) in [5, 5.41) is 18.7. The molecule has 3 aliphatic rings. The third kappa shape index (κ3) is 3.73. The Kier molecular flexibility index (Phi) is 4.93. The zero-order valence-corrected chi connectivity index (χ0v) is 15.1. The average Bonchev–Trinajstić information content (AvgIpc) is 2.83. The first-order valence-corrected chi connectivity index (χ1v) is 9.43. The van der Waals surface area contributed by atoms with Crippen LogP contribution in [0.2, 0.25) is 0 Å². The Bertz CT molecular complexity index is 572. The molecule has 0 aromatic heterocycles. The Labute approximate surface area is 148 Å². The van der Waals surface area contributed by atoms with Crippen molar-refractivity contribution in [3.05, 3.63) is 0 Å². The second-order valence-electron chi connectivity index (χ2n) is 8.98. The maximum absolute atomic E-state index is 12.7. The van der Waals surface area contributed by atoms with Crippen molar-refractivity contribution < 1.29 is 24.6 Å². The summed E-state index contributed by atoms with van der Waals surface area (Å²) in [6, 6.07) is -0.00283. The Balaban J connectivity index is 1.87. The first-order chi connectivity index (χ1) is 11.7. The molecule has 0 aromatic carbocycles. The molecule has 0 spiro atoms. The Morgan fingerprint density at radius 3 is 2.56 bits per heavy atom. The fourth-order valence-electron chi connectivity index (χ4n) is 5.50. The molecule has 1 saturated heterocycles. The van der Waals surface area contributed by atoms with E-state index in [0.29, 0.717) is 25.7 Å². The molecule has 5 unspecified atom stereocenters. The van der Waals surface area contributed by atoms with E-state index in [1.807, 2.05) is 0 Å². The first-order valence-electron chi connectivity index (χ1n) is 9.43. The number of rotatable bonds is 4. The quantitative estimate of drug-likeness (QED) is 0.808. The van der Waals surface area contributed by atoms with Gasteiger partial charge in [0.25, 0.3) is 0 Å². The molecule has 25 heavy (non-hydrogen) atoms. The van der Waals surface area contributed by atoms with Crippen molar-refractivity contribution in [3.8, 4) is 0 Å². The zero-order chi connectivity index (χ0) is 18.4. The van der Waals surface area contributed by atoms with Crippen LogP contribution in [0.5, 0.6) is 0 Å². The van der Waals surface area contributed by atoms with Crippen LogP contribution in [0.4, 0.5) is 0 Å². The Morgan fingerprint density at radius 1 is 1.20 bits per heavy atom. The topological polar surface area (TPSA) is 94.9 Å². The van der Waals surface area contributed by atoms with E-state index in [2.05, 4.69) is 18.7 Å². The number of hydrogen-bond acceptors (Lipinski definition) is 4. The lowest BCUT2D eigenvalue weighted by atomic mass is 9.69. The maximum Gasteiger partial charge on any atom is 0.306 e. The predicted octanol–water partition coefficient (Wildman–Crippen LogP) is 2.55. The number of nitrogens with zero attached hydrogens (tertiary/aromatic N) is 1. The Hall–Kier alpha value is -1.43. The van der Waals surface area contributed by atoms with Crippen molar-refractivity contribution in [1.82, 2.24) is 4.90 Å². The van der Waals surface area contributed by atoms with Crippen molar-refractivity contribution in [3.63, 3.8) is 0 Å². The fraction of sp³-hybridized carbons (Fsp3) is 0.842. The minimum absolute atomic E-state index is 0.0367. The van der Waals surface area contributed by atoms with E-state index in [1.54, 1.807) is 0 Å². The second kappa shape index (κ2) is 6.71. The smallest absolute Gasteiger partial charge is 0.306 e. The number of carbonyl (C=O) groups is 3. The molecule has 1 heterocycles. The molecule has 1 aliphatic heterocycles. The number of carboxylic acid groups (broad SMARTS) is 2. The van der Waals surface area contributed by atoms with E-state index in [0.717, 1.165) is 19.3 Å². The van der Waals surface area contributed by atoms with Gasteiger partial charge in [0, 0.05) is 30.5 Å². The van der Waals surface area contributed by atoms with Crippen molar-refractivity contribution in [2.45, 2.75) is 83.3 Å². The summed E-state index contributed by atoms with van der Waals surface area (Å²) < 4.78 is 0. The number of aliphatic carboxylic acids is 2. The molecule has 0 aromatic rings. The van der Waals surface area contributed by atoms with Gasteiger partial charge in [0.15, 0.2) is 0 Å². The summed E-state index contributed by atoms with van der Waals surface area (Å²) in [6.45, 7) is 4.20. The lowest BCUT2D eigenvalue weighted by Crippen LogP contribution is -2.52. The van der Waals surface area contributed by atoms with Gasteiger partial charge in [-0.05, 0) is 37.5 Å². The average molecular weight is 351 g/mol. The number of ketones is 1. The van der Waals surface area contributed by atoms with Crippen LogP contribution in [0.3, 0.4) is 0 Å². The molecule has 2 saturated carbocycles. The highest BCUT2D eigenvalue weighted by Gasteiger charge is 2.52. The lowest BCUT2D eigenvalue weighted by Gasteiger charge is -2.45. The summed E-state index contributed by atoms with van der Waals surface area (Å²) in [5.41, 5.74) is -0.0739. The molecular weight excluding hydrogens is 322 g/mol. The predicted molar refractivity (Wildman–Crippen MR) is 91.2 cm³/mol. The zero-order valence-electron chi connectivity index (χ0n) is 15.1. The second-order valence-corrected chi connectivity index (χ2v) is 8.98. The number of hydrogen-bond donors (Lipinski definition) is 2. The van der Waals surface area contributed by atoms with Crippen molar-refractivity contribution >= 4 is 17.7 Å². The van der Waals surface area contributed by atoms with Gasteiger partial charge in [0.05, 0.1) is 12.3 Å². The number of Topliss-reactive ketones (excluding diaryl/α,β-unsaturated/α-hetero) is 1. The van der Waals surface area contributed by atoms with E-state index in [9.17, 15) is 24.6 Å². The summed E-state index contributed by atoms with van der Waals surface area (Å²) in [4.78, 5) is 37.7. The SMILES string of the molecule is CC1(C)CC(=O)C2CC(CC(=O)O)N(C3CCCC(C(=O)O)C3)C2C1. The van der Waals surface area contributed by atoms with E-state index in [1.165, 1.54) is 0 Å². The third-order valence-electron chi connectivity index (χ3n) is 6.45. The molecule has 6 nitrogen and oxygen atoms in total.